The first kappa shape index (κ1) is 29.6. The number of ether oxygens (including phenoxy) is 4. The summed E-state index contributed by atoms with van der Waals surface area (Å²) < 4.78 is 22.0. The number of unbranched alkanes of at least 4 members (excludes halogenated alkanes) is 2. The van der Waals surface area contributed by atoms with E-state index in [1.54, 1.807) is 18.2 Å². The molecule has 0 saturated heterocycles. The van der Waals surface area contributed by atoms with E-state index in [0.717, 1.165) is 24.8 Å². The summed E-state index contributed by atoms with van der Waals surface area (Å²) in [5, 5.41) is 18.0. The molecule has 2 aromatic rings. The van der Waals surface area contributed by atoms with Gasteiger partial charge in [-0.15, -0.1) is 0 Å². The minimum atomic E-state index is -0.680. The molecule has 0 amide bonds. The van der Waals surface area contributed by atoms with Crippen molar-refractivity contribution in [3.63, 3.8) is 0 Å². The van der Waals surface area contributed by atoms with Gasteiger partial charge in [-0.05, 0) is 36.1 Å². The average molecular weight is 513 g/mol. The molecular formula is C29H36O8. The lowest BCUT2D eigenvalue weighted by atomic mass is 10.00. The summed E-state index contributed by atoms with van der Waals surface area (Å²) in [5.74, 6) is -0.307. The standard InChI is InChI=1S/C29H36O8/c1-4-5-6-8-23-11-13-24(14-12-23)27-25(34-15-17-36-28(32)21(2)19-30)9-7-10-26(27)35-16-18-37-29(33)22(3)20-31/h7,9-14,30-31H,2-6,8,15-20H2,1H3. The molecular weight excluding hydrogens is 476 g/mol. The minimum absolute atomic E-state index is 0.0244. The number of aliphatic hydroxyl groups is 2. The number of carbonyl (C=O) groups is 2. The van der Waals surface area contributed by atoms with Crippen molar-refractivity contribution in [2.45, 2.75) is 32.6 Å². The molecule has 0 spiro atoms. The van der Waals surface area contributed by atoms with Gasteiger partial charge in [0, 0.05) is 0 Å². The summed E-state index contributed by atoms with van der Waals surface area (Å²) >= 11 is 0. The normalized spacial score (nSPS) is 10.5. The Balaban J connectivity index is 2.16. The smallest absolute Gasteiger partial charge is 0.335 e. The molecule has 0 bridgehead atoms. The predicted molar refractivity (Wildman–Crippen MR) is 140 cm³/mol. The van der Waals surface area contributed by atoms with Crippen molar-refractivity contribution in [3.05, 3.63) is 72.3 Å². The maximum Gasteiger partial charge on any atom is 0.335 e. The maximum absolute atomic E-state index is 11.7. The van der Waals surface area contributed by atoms with Crippen molar-refractivity contribution in [2.24, 2.45) is 0 Å². The fourth-order valence-electron chi connectivity index (χ4n) is 3.36. The van der Waals surface area contributed by atoms with Crippen molar-refractivity contribution >= 4 is 11.9 Å². The largest absolute Gasteiger partial charge is 0.489 e. The van der Waals surface area contributed by atoms with Gasteiger partial charge in [-0.25, -0.2) is 9.59 Å². The van der Waals surface area contributed by atoms with Crippen molar-refractivity contribution in [3.8, 4) is 22.6 Å². The van der Waals surface area contributed by atoms with Gasteiger partial charge < -0.3 is 29.2 Å². The van der Waals surface area contributed by atoms with Gasteiger partial charge in [0.05, 0.1) is 29.9 Å². The van der Waals surface area contributed by atoms with Gasteiger partial charge >= 0.3 is 11.9 Å². The molecule has 0 atom stereocenters. The predicted octanol–water partition coefficient (Wildman–Crippen LogP) is 4.03. The van der Waals surface area contributed by atoms with Crippen LogP contribution >= 0.6 is 0 Å². The number of rotatable bonds is 17. The summed E-state index contributed by atoms with van der Waals surface area (Å²) in [4.78, 5) is 23.4. The van der Waals surface area contributed by atoms with E-state index in [4.69, 9.17) is 29.2 Å². The number of aryl methyl sites for hydroxylation is 1. The van der Waals surface area contributed by atoms with E-state index in [0.29, 0.717) is 17.1 Å². The molecule has 2 N–H and O–H groups in total. The molecule has 2 aromatic carbocycles. The number of aliphatic hydroxyl groups excluding tert-OH is 2. The van der Waals surface area contributed by atoms with Crippen LogP contribution < -0.4 is 9.47 Å². The first-order valence-corrected chi connectivity index (χ1v) is 12.3. The Morgan fingerprint density at radius 3 is 1.73 bits per heavy atom. The van der Waals surface area contributed by atoms with E-state index >= 15 is 0 Å². The second kappa shape index (κ2) is 16.2. The lowest BCUT2D eigenvalue weighted by Gasteiger charge is -2.17. The Labute approximate surface area is 218 Å². The maximum atomic E-state index is 11.7. The van der Waals surface area contributed by atoms with Crippen LogP contribution in [0, 0.1) is 0 Å². The van der Waals surface area contributed by atoms with Crippen LogP contribution in [0.25, 0.3) is 11.1 Å². The van der Waals surface area contributed by atoms with E-state index in [-0.39, 0.29) is 37.6 Å². The van der Waals surface area contributed by atoms with Gasteiger partial charge in [0.25, 0.3) is 0 Å². The third-order valence-electron chi connectivity index (χ3n) is 5.41. The minimum Gasteiger partial charge on any atom is -0.489 e. The molecule has 37 heavy (non-hydrogen) atoms. The first-order valence-electron chi connectivity index (χ1n) is 12.3. The zero-order valence-electron chi connectivity index (χ0n) is 21.4. The second-order valence-corrected chi connectivity index (χ2v) is 8.28. The van der Waals surface area contributed by atoms with Crippen LogP contribution in [0.1, 0.15) is 31.7 Å². The highest BCUT2D eigenvalue weighted by Crippen LogP contribution is 2.38. The van der Waals surface area contributed by atoms with Crippen LogP contribution in [-0.2, 0) is 25.5 Å². The van der Waals surface area contributed by atoms with Crippen molar-refractivity contribution in [1.29, 1.82) is 0 Å². The van der Waals surface area contributed by atoms with Crippen LogP contribution in [0.2, 0.25) is 0 Å². The topological polar surface area (TPSA) is 112 Å². The quantitative estimate of drug-likeness (QED) is 0.186. The number of hydrogen-bond donors (Lipinski definition) is 2. The Bertz CT molecular complexity index is 988. The molecule has 0 saturated carbocycles. The zero-order valence-corrected chi connectivity index (χ0v) is 21.4. The van der Waals surface area contributed by atoms with Gasteiger partial charge in [0.15, 0.2) is 0 Å². The molecule has 0 fully saturated rings. The van der Waals surface area contributed by atoms with E-state index in [2.05, 4.69) is 32.2 Å². The monoisotopic (exact) mass is 512 g/mol. The van der Waals surface area contributed by atoms with Crippen LogP contribution in [0.4, 0.5) is 0 Å². The van der Waals surface area contributed by atoms with E-state index in [1.165, 1.54) is 12.0 Å². The molecule has 0 aliphatic heterocycles. The van der Waals surface area contributed by atoms with Gasteiger partial charge in [-0.3, -0.25) is 0 Å². The summed E-state index contributed by atoms with van der Waals surface area (Å²) in [6.45, 7) is 8.22. The van der Waals surface area contributed by atoms with Crippen molar-refractivity contribution in [1.82, 2.24) is 0 Å². The third-order valence-corrected chi connectivity index (χ3v) is 5.41. The van der Waals surface area contributed by atoms with Crippen LogP contribution in [0.5, 0.6) is 11.5 Å². The SMILES string of the molecule is C=C(CO)C(=O)OCCOc1cccc(OCCOC(=O)C(=C)CO)c1-c1ccc(CCCCC)cc1. The highest BCUT2D eigenvalue weighted by Gasteiger charge is 2.15. The van der Waals surface area contributed by atoms with Crippen LogP contribution in [0.15, 0.2) is 66.8 Å². The van der Waals surface area contributed by atoms with Crippen LogP contribution in [0.3, 0.4) is 0 Å². The van der Waals surface area contributed by atoms with Gasteiger partial charge in [-0.2, -0.15) is 0 Å². The Morgan fingerprint density at radius 1 is 0.757 bits per heavy atom. The van der Waals surface area contributed by atoms with E-state index in [9.17, 15) is 9.59 Å². The summed E-state index contributed by atoms with van der Waals surface area (Å²) in [6, 6.07) is 13.5. The van der Waals surface area contributed by atoms with Gasteiger partial charge in [0.2, 0.25) is 0 Å². The van der Waals surface area contributed by atoms with Gasteiger partial charge in [0.1, 0.15) is 37.9 Å². The molecule has 8 heteroatoms. The van der Waals surface area contributed by atoms with Crippen molar-refractivity contribution < 1.29 is 38.7 Å². The molecule has 0 unspecified atom stereocenters. The van der Waals surface area contributed by atoms with E-state index < -0.39 is 25.2 Å². The summed E-state index contributed by atoms with van der Waals surface area (Å²) in [6.07, 6.45) is 4.48. The number of benzene rings is 2. The summed E-state index contributed by atoms with van der Waals surface area (Å²) in [7, 11) is 0. The highest BCUT2D eigenvalue weighted by molar-refractivity contribution is 5.88. The van der Waals surface area contributed by atoms with Gasteiger partial charge in [-0.1, -0.05) is 63.3 Å². The molecule has 0 aliphatic carbocycles. The lowest BCUT2D eigenvalue weighted by molar-refractivity contribution is -0.141. The molecule has 0 aliphatic rings. The van der Waals surface area contributed by atoms with E-state index in [1.807, 2.05) is 12.1 Å². The third kappa shape index (κ3) is 9.74. The summed E-state index contributed by atoms with van der Waals surface area (Å²) in [5.41, 5.74) is 2.77. The molecule has 2 rings (SSSR count). The molecule has 0 aromatic heterocycles. The zero-order chi connectivity index (χ0) is 27.0. The fourth-order valence-corrected chi connectivity index (χ4v) is 3.36. The average Bonchev–Trinajstić information content (AvgIpc) is 2.92. The Kier molecular flexibility index (Phi) is 13.0. The van der Waals surface area contributed by atoms with Crippen LogP contribution in [-0.4, -0.2) is 61.8 Å². The highest BCUT2D eigenvalue weighted by atomic mass is 16.6. The Morgan fingerprint density at radius 2 is 1.27 bits per heavy atom. The molecule has 8 nitrogen and oxygen atoms in total. The fraction of sp³-hybridized carbons (Fsp3) is 0.379. The first-order chi connectivity index (χ1) is 17.9. The number of hydrogen-bond acceptors (Lipinski definition) is 8. The molecule has 0 heterocycles. The number of esters is 2. The lowest BCUT2D eigenvalue weighted by Crippen LogP contribution is -2.16. The van der Waals surface area contributed by atoms with Crippen molar-refractivity contribution in [2.75, 3.05) is 39.6 Å². The molecule has 0 radical (unpaired) electrons. The molecule has 200 valence electrons. The Hall–Kier alpha value is -3.62. The number of carbonyl (C=O) groups excluding carboxylic acids is 2. The second-order valence-electron chi connectivity index (χ2n) is 8.28.